The first-order valence-electron chi connectivity index (χ1n) is 9.59. The number of nitrogens with zero attached hydrogens (tertiary/aromatic N) is 1. The van der Waals surface area contributed by atoms with E-state index in [2.05, 4.69) is 10.5 Å². The molecule has 0 saturated heterocycles. The molecule has 4 aromatic rings. The monoisotopic (exact) mass is 418 g/mol. The fraction of sp³-hybridized carbons (Fsp3) is 0.0800. The maximum atomic E-state index is 13.1. The second-order valence-corrected chi connectivity index (χ2v) is 7.21. The van der Waals surface area contributed by atoms with Gasteiger partial charge in [-0.3, -0.25) is 0 Å². The van der Waals surface area contributed by atoms with Crippen molar-refractivity contribution in [3.05, 3.63) is 112 Å². The van der Waals surface area contributed by atoms with Gasteiger partial charge in [0.2, 0.25) is 0 Å². The second kappa shape index (κ2) is 9.42. The van der Waals surface area contributed by atoms with Crippen LogP contribution in [0.3, 0.4) is 0 Å². The van der Waals surface area contributed by atoms with E-state index in [9.17, 15) is 4.39 Å². The highest BCUT2D eigenvalue weighted by molar-refractivity contribution is 6.31. The van der Waals surface area contributed by atoms with E-state index < -0.39 is 0 Å². The van der Waals surface area contributed by atoms with Crippen molar-refractivity contribution in [2.24, 2.45) is 5.10 Å². The van der Waals surface area contributed by atoms with E-state index in [1.807, 2.05) is 60.7 Å². The van der Waals surface area contributed by atoms with Crippen LogP contribution < -0.4 is 10.2 Å². The minimum Gasteiger partial charge on any atom is -0.488 e. The van der Waals surface area contributed by atoms with E-state index >= 15 is 0 Å². The Balaban J connectivity index is 1.55. The lowest BCUT2D eigenvalue weighted by Crippen LogP contribution is -2.07. The summed E-state index contributed by atoms with van der Waals surface area (Å²) in [6.45, 7) is 0.860. The topological polar surface area (TPSA) is 33.6 Å². The Hall–Kier alpha value is -3.37. The van der Waals surface area contributed by atoms with Crippen LogP contribution in [0.15, 0.2) is 90.0 Å². The van der Waals surface area contributed by atoms with Crippen LogP contribution in [0.1, 0.15) is 16.7 Å². The molecule has 0 heterocycles. The van der Waals surface area contributed by atoms with E-state index in [0.717, 1.165) is 27.5 Å². The van der Waals surface area contributed by atoms with Crippen LogP contribution >= 0.6 is 11.6 Å². The van der Waals surface area contributed by atoms with Crippen molar-refractivity contribution in [2.75, 3.05) is 0 Å². The van der Waals surface area contributed by atoms with E-state index in [1.54, 1.807) is 18.3 Å². The third-order valence-electron chi connectivity index (χ3n) is 4.75. The zero-order valence-corrected chi connectivity index (χ0v) is 16.9. The molecule has 3 nitrogen and oxygen atoms in total. The van der Waals surface area contributed by atoms with E-state index in [-0.39, 0.29) is 5.82 Å². The smallest absolute Gasteiger partial charge is 0.129 e. The molecule has 0 amide bonds. The van der Waals surface area contributed by atoms with Crippen molar-refractivity contribution >= 4 is 28.6 Å². The number of hydrogen-bond donors (Lipinski definition) is 1. The molecule has 4 rings (SSSR count). The third kappa shape index (κ3) is 4.78. The number of halogens is 2. The summed E-state index contributed by atoms with van der Waals surface area (Å²) in [4.78, 5) is 0. The largest absolute Gasteiger partial charge is 0.488 e. The Morgan fingerprint density at radius 1 is 0.900 bits per heavy atom. The summed E-state index contributed by atoms with van der Waals surface area (Å²) < 4.78 is 19.2. The molecule has 1 N–H and O–H groups in total. The lowest BCUT2D eigenvalue weighted by atomic mass is 10.0. The number of rotatable bonds is 7. The van der Waals surface area contributed by atoms with Crippen molar-refractivity contribution in [2.45, 2.75) is 13.2 Å². The highest BCUT2D eigenvalue weighted by Gasteiger charge is 2.08. The van der Waals surface area contributed by atoms with Crippen LogP contribution in [0.2, 0.25) is 5.02 Å². The fourth-order valence-corrected chi connectivity index (χ4v) is 3.36. The van der Waals surface area contributed by atoms with Crippen LogP contribution in [0, 0.1) is 5.82 Å². The van der Waals surface area contributed by atoms with Gasteiger partial charge in [-0.15, -0.1) is 0 Å². The first-order valence-corrected chi connectivity index (χ1v) is 9.97. The lowest BCUT2D eigenvalue weighted by Gasteiger charge is -2.12. The highest BCUT2D eigenvalue weighted by Crippen LogP contribution is 2.27. The standard InChI is InChI=1S/C25H20ClFN2O/c26-24-8-4-2-6-20(24)15-28-29-16-23-22-7-3-1-5-19(22)11-14-25(23)30-17-18-9-12-21(27)13-10-18/h1-14,16,28H,15,17H2/b29-16-. The van der Waals surface area contributed by atoms with Gasteiger partial charge in [-0.25, -0.2) is 4.39 Å². The summed E-state index contributed by atoms with van der Waals surface area (Å²) in [7, 11) is 0. The number of ether oxygens (including phenoxy) is 1. The fourth-order valence-electron chi connectivity index (χ4n) is 3.16. The van der Waals surface area contributed by atoms with Crippen LogP contribution in [-0.4, -0.2) is 6.21 Å². The van der Waals surface area contributed by atoms with Gasteiger partial charge in [0.05, 0.1) is 12.8 Å². The highest BCUT2D eigenvalue weighted by atomic mass is 35.5. The average Bonchev–Trinajstić information content (AvgIpc) is 2.78. The molecule has 0 aliphatic heterocycles. The number of benzene rings is 4. The second-order valence-electron chi connectivity index (χ2n) is 6.80. The minimum absolute atomic E-state index is 0.262. The molecule has 0 spiro atoms. The average molecular weight is 419 g/mol. The Labute approximate surface area is 179 Å². The third-order valence-corrected chi connectivity index (χ3v) is 5.12. The molecule has 0 fully saturated rings. The van der Waals surface area contributed by atoms with Crippen molar-refractivity contribution in [3.8, 4) is 5.75 Å². The van der Waals surface area contributed by atoms with Gasteiger partial charge < -0.3 is 10.2 Å². The van der Waals surface area contributed by atoms with Crippen LogP contribution in [0.5, 0.6) is 5.75 Å². The SMILES string of the molecule is Fc1ccc(COc2ccc3ccccc3c2/C=N\NCc2ccccc2Cl)cc1. The van der Waals surface area contributed by atoms with Gasteiger partial charge in [0, 0.05) is 10.6 Å². The van der Waals surface area contributed by atoms with Gasteiger partial charge in [0.15, 0.2) is 0 Å². The van der Waals surface area contributed by atoms with Crippen LogP contribution in [0.4, 0.5) is 4.39 Å². The summed E-state index contributed by atoms with van der Waals surface area (Å²) in [5.74, 6) is 0.447. The summed E-state index contributed by atoms with van der Waals surface area (Å²) in [6.07, 6.45) is 1.76. The molecule has 0 aromatic heterocycles. The minimum atomic E-state index is -0.262. The van der Waals surface area contributed by atoms with Gasteiger partial charge in [-0.1, -0.05) is 72.3 Å². The molecular weight excluding hydrogens is 399 g/mol. The number of nitrogens with one attached hydrogen (secondary N) is 1. The lowest BCUT2D eigenvalue weighted by molar-refractivity contribution is 0.306. The first-order chi connectivity index (χ1) is 14.7. The Kier molecular flexibility index (Phi) is 6.26. The normalized spacial score (nSPS) is 11.1. The van der Waals surface area contributed by atoms with Crippen molar-refractivity contribution < 1.29 is 9.13 Å². The first kappa shape index (κ1) is 19.9. The quantitative estimate of drug-likeness (QED) is 0.281. The van der Waals surface area contributed by atoms with Crippen LogP contribution in [-0.2, 0) is 13.2 Å². The Bertz CT molecular complexity index is 1180. The van der Waals surface area contributed by atoms with E-state index in [4.69, 9.17) is 16.3 Å². The predicted molar refractivity (Wildman–Crippen MR) is 121 cm³/mol. The Morgan fingerprint density at radius 3 is 2.50 bits per heavy atom. The zero-order chi connectivity index (χ0) is 20.8. The molecule has 0 saturated carbocycles. The summed E-state index contributed by atoms with van der Waals surface area (Å²) >= 11 is 6.20. The van der Waals surface area contributed by atoms with Crippen molar-refractivity contribution in [1.82, 2.24) is 5.43 Å². The van der Waals surface area contributed by atoms with Gasteiger partial charge in [0.25, 0.3) is 0 Å². The van der Waals surface area contributed by atoms with E-state index in [1.165, 1.54) is 12.1 Å². The Morgan fingerprint density at radius 2 is 1.67 bits per heavy atom. The molecular formula is C25H20ClFN2O. The van der Waals surface area contributed by atoms with Crippen molar-refractivity contribution in [1.29, 1.82) is 0 Å². The number of fused-ring (bicyclic) bond motifs is 1. The predicted octanol–water partition coefficient (Wildman–Crippen LogP) is 6.34. The van der Waals surface area contributed by atoms with Gasteiger partial charge in [-0.05, 0) is 46.2 Å². The van der Waals surface area contributed by atoms with Crippen molar-refractivity contribution in [3.63, 3.8) is 0 Å². The maximum absolute atomic E-state index is 13.1. The molecule has 0 bridgehead atoms. The van der Waals surface area contributed by atoms with E-state index in [0.29, 0.717) is 23.9 Å². The molecule has 0 radical (unpaired) electrons. The summed E-state index contributed by atoms with van der Waals surface area (Å²) in [6, 6.07) is 26.0. The van der Waals surface area contributed by atoms with Gasteiger partial charge >= 0.3 is 0 Å². The van der Waals surface area contributed by atoms with Gasteiger partial charge in [-0.2, -0.15) is 5.10 Å². The number of hydrazone groups is 1. The maximum Gasteiger partial charge on any atom is 0.129 e. The van der Waals surface area contributed by atoms with Crippen LogP contribution in [0.25, 0.3) is 10.8 Å². The molecule has 0 unspecified atom stereocenters. The molecule has 0 aliphatic carbocycles. The molecule has 0 aliphatic rings. The molecule has 4 aromatic carbocycles. The number of hydrogen-bond acceptors (Lipinski definition) is 3. The summed E-state index contributed by atoms with van der Waals surface area (Å²) in [5, 5.41) is 7.23. The summed E-state index contributed by atoms with van der Waals surface area (Å²) in [5.41, 5.74) is 5.79. The zero-order valence-electron chi connectivity index (χ0n) is 16.2. The molecule has 0 atom stereocenters. The molecule has 30 heavy (non-hydrogen) atoms. The molecule has 5 heteroatoms. The molecule has 150 valence electrons. The van der Waals surface area contributed by atoms with Gasteiger partial charge in [0.1, 0.15) is 18.2 Å².